The maximum atomic E-state index is 12.9. The second kappa shape index (κ2) is 8.58. The van der Waals surface area contributed by atoms with Gasteiger partial charge >= 0.3 is 0 Å². The van der Waals surface area contributed by atoms with Gasteiger partial charge in [0.25, 0.3) is 0 Å². The van der Waals surface area contributed by atoms with Crippen molar-refractivity contribution in [2.75, 3.05) is 5.32 Å². The van der Waals surface area contributed by atoms with Crippen LogP contribution in [0.25, 0.3) is 6.08 Å². The molecule has 0 bridgehead atoms. The molecule has 2 aromatic carbocycles. The first-order valence-corrected chi connectivity index (χ1v) is 8.05. The van der Waals surface area contributed by atoms with Gasteiger partial charge in [-0.15, -0.1) is 0 Å². The molecule has 1 heterocycles. The number of nitrogens with zero attached hydrogens (tertiary/aromatic N) is 1. The first-order chi connectivity index (χ1) is 12.7. The van der Waals surface area contributed by atoms with E-state index >= 15 is 0 Å². The molecule has 0 aliphatic heterocycles. The summed E-state index contributed by atoms with van der Waals surface area (Å²) >= 11 is 0. The zero-order valence-electron chi connectivity index (χ0n) is 13.9. The van der Waals surface area contributed by atoms with Crippen molar-refractivity contribution in [2.45, 2.75) is 6.61 Å². The molecular formula is C21H17FN2O2. The molecule has 0 saturated carbocycles. The molecule has 3 aromatic rings. The molecule has 1 amide bonds. The number of anilines is 1. The standard InChI is InChI=1S/C21H17FN2O2/c22-18-5-7-20(8-6-18)26-15-17-2-1-3-19(14-17)24-21(25)9-4-16-10-12-23-13-11-16/h1-14H,15H2,(H,24,25)/b9-4+. The molecule has 0 aliphatic carbocycles. The van der Waals surface area contributed by atoms with Gasteiger partial charge in [-0.2, -0.15) is 0 Å². The number of pyridine rings is 1. The van der Waals surface area contributed by atoms with Gasteiger partial charge in [-0.1, -0.05) is 12.1 Å². The van der Waals surface area contributed by atoms with E-state index < -0.39 is 0 Å². The monoisotopic (exact) mass is 348 g/mol. The van der Waals surface area contributed by atoms with Gasteiger partial charge < -0.3 is 10.1 Å². The summed E-state index contributed by atoms with van der Waals surface area (Å²) in [5.41, 5.74) is 2.47. The lowest BCUT2D eigenvalue weighted by molar-refractivity contribution is -0.111. The molecule has 0 radical (unpaired) electrons. The van der Waals surface area contributed by atoms with Crippen LogP contribution in [0, 0.1) is 5.82 Å². The average Bonchev–Trinajstić information content (AvgIpc) is 2.67. The number of nitrogens with one attached hydrogen (secondary N) is 1. The van der Waals surface area contributed by atoms with Crippen molar-refractivity contribution in [3.05, 3.63) is 96.1 Å². The Labute approximate surface area is 151 Å². The summed E-state index contributed by atoms with van der Waals surface area (Å²) in [6.07, 6.45) is 6.53. The van der Waals surface area contributed by atoms with Gasteiger partial charge in [0.15, 0.2) is 0 Å². The molecular weight excluding hydrogens is 331 g/mol. The van der Waals surface area contributed by atoms with Crippen molar-refractivity contribution >= 4 is 17.7 Å². The lowest BCUT2D eigenvalue weighted by atomic mass is 10.2. The largest absolute Gasteiger partial charge is 0.489 e. The van der Waals surface area contributed by atoms with Crippen molar-refractivity contribution in [2.24, 2.45) is 0 Å². The molecule has 0 fully saturated rings. The molecule has 0 aliphatic rings. The number of rotatable bonds is 6. The van der Waals surface area contributed by atoms with Crippen LogP contribution in [0.1, 0.15) is 11.1 Å². The average molecular weight is 348 g/mol. The van der Waals surface area contributed by atoms with Gasteiger partial charge in [0.1, 0.15) is 18.2 Å². The van der Waals surface area contributed by atoms with Gasteiger partial charge in [-0.3, -0.25) is 9.78 Å². The Morgan fingerprint density at radius 2 is 1.85 bits per heavy atom. The number of benzene rings is 2. The molecule has 4 nitrogen and oxygen atoms in total. The highest BCUT2D eigenvalue weighted by atomic mass is 19.1. The Kier molecular flexibility index (Phi) is 5.72. The Balaban J connectivity index is 1.57. The third-order valence-electron chi connectivity index (χ3n) is 3.55. The van der Waals surface area contributed by atoms with Crippen molar-refractivity contribution in [1.82, 2.24) is 4.98 Å². The highest BCUT2D eigenvalue weighted by Crippen LogP contribution is 2.16. The zero-order valence-corrected chi connectivity index (χ0v) is 13.9. The van der Waals surface area contributed by atoms with Crippen LogP contribution in [0.15, 0.2) is 79.1 Å². The van der Waals surface area contributed by atoms with Gasteiger partial charge in [0.05, 0.1) is 0 Å². The highest BCUT2D eigenvalue weighted by Gasteiger charge is 2.01. The van der Waals surface area contributed by atoms with E-state index in [2.05, 4.69) is 10.3 Å². The summed E-state index contributed by atoms with van der Waals surface area (Å²) in [5.74, 6) is 0.0569. The minimum atomic E-state index is -0.304. The number of amides is 1. The minimum Gasteiger partial charge on any atom is -0.489 e. The first kappa shape index (κ1) is 17.4. The Bertz CT molecular complexity index is 893. The fourth-order valence-corrected chi connectivity index (χ4v) is 2.27. The van der Waals surface area contributed by atoms with Gasteiger partial charge in [0.2, 0.25) is 5.91 Å². The summed E-state index contributed by atoms with van der Waals surface area (Å²) < 4.78 is 18.5. The fourth-order valence-electron chi connectivity index (χ4n) is 2.27. The molecule has 0 saturated heterocycles. The van der Waals surface area contributed by atoms with Crippen LogP contribution in [0.4, 0.5) is 10.1 Å². The van der Waals surface area contributed by atoms with E-state index in [-0.39, 0.29) is 11.7 Å². The molecule has 0 spiro atoms. The van der Waals surface area contributed by atoms with Crippen LogP contribution >= 0.6 is 0 Å². The van der Waals surface area contributed by atoms with E-state index in [9.17, 15) is 9.18 Å². The molecule has 5 heteroatoms. The maximum Gasteiger partial charge on any atom is 0.248 e. The van der Waals surface area contributed by atoms with Crippen LogP contribution in [-0.2, 0) is 11.4 Å². The fraction of sp³-hybridized carbons (Fsp3) is 0.0476. The van der Waals surface area contributed by atoms with Crippen LogP contribution in [0.2, 0.25) is 0 Å². The predicted molar refractivity (Wildman–Crippen MR) is 99.1 cm³/mol. The number of hydrogen-bond acceptors (Lipinski definition) is 3. The lowest BCUT2D eigenvalue weighted by Crippen LogP contribution is -2.08. The number of ether oxygens (including phenoxy) is 1. The normalized spacial score (nSPS) is 10.7. The van der Waals surface area contributed by atoms with Crippen LogP contribution < -0.4 is 10.1 Å². The Morgan fingerprint density at radius 1 is 1.08 bits per heavy atom. The number of hydrogen-bond donors (Lipinski definition) is 1. The first-order valence-electron chi connectivity index (χ1n) is 8.05. The van der Waals surface area contributed by atoms with Crippen LogP contribution in [-0.4, -0.2) is 10.9 Å². The minimum absolute atomic E-state index is 0.224. The molecule has 26 heavy (non-hydrogen) atoms. The molecule has 3 rings (SSSR count). The predicted octanol–water partition coefficient (Wildman–Crippen LogP) is 4.45. The van der Waals surface area contributed by atoms with Crippen molar-refractivity contribution in [1.29, 1.82) is 0 Å². The molecule has 1 aromatic heterocycles. The molecule has 0 unspecified atom stereocenters. The van der Waals surface area contributed by atoms with Crippen LogP contribution in [0.3, 0.4) is 0 Å². The summed E-state index contributed by atoms with van der Waals surface area (Å²) in [4.78, 5) is 16.0. The molecule has 130 valence electrons. The summed E-state index contributed by atoms with van der Waals surface area (Å²) in [7, 11) is 0. The van der Waals surface area contributed by atoms with E-state index in [1.165, 1.54) is 18.2 Å². The van der Waals surface area contributed by atoms with E-state index in [0.717, 1.165) is 11.1 Å². The third kappa shape index (κ3) is 5.27. The second-order valence-electron chi connectivity index (χ2n) is 5.55. The van der Waals surface area contributed by atoms with Gasteiger partial charge in [-0.25, -0.2) is 4.39 Å². The quantitative estimate of drug-likeness (QED) is 0.670. The SMILES string of the molecule is O=C(/C=C/c1ccncc1)Nc1cccc(COc2ccc(F)cc2)c1. The number of halogens is 1. The highest BCUT2D eigenvalue weighted by molar-refractivity contribution is 6.01. The lowest BCUT2D eigenvalue weighted by Gasteiger charge is -2.08. The second-order valence-corrected chi connectivity index (χ2v) is 5.55. The van der Waals surface area contributed by atoms with E-state index in [0.29, 0.717) is 18.0 Å². The smallest absolute Gasteiger partial charge is 0.248 e. The topological polar surface area (TPSA) is 51.2 Å². The van der Waals surface area contributed by atoms with E-state index in [1.807, 2.05) is 30.3 Å². The van der Waals surface area contributed by atoms with Crippen molar-refractivity contribution in [3.8, 4) is 5.75 Å². The maximum absolute atomic E-state index is 12.9. The van der Waals surface area contributed by atoms with Gasteiger partial charge in [-0.05, 0) is 65.7 Å². The van der Waals surface area contributed by atoms with Gasteiger partial charge in [0, 0.05) is 24.2 Å². The summed E-state index contributed by atoms with van der Waals surface area (Å²) in [5, 5.41) is 2.81. The van der Waals surface area contributed by atoms with Crippen molar-refractivity contribution in [3.63, 3.8) is 0 Å². The molecule has 0 atom stereocenters. The molecule has 1 N–H and O–H groups in total. The zero-order chi connectivity index (χ0) is 18.2. The number of carbonyl (C=O) groups is 1. The van der Waals surface area contributed by atoms with Crippen molar-refractivity contribution < 1.29 is 13.9 Å². The Hall–Kier alpha value is -3.47. The summed E-state index contributed by atoms with van der Waals surface area (Å²) in [6, 6.07) is 16.9. The number of carbonyl (C=O) groups excluding carboxylic acids is 1. The third-order valence-corrected chi connectivity index (χ3v) is 3.55. The van der Waals surface area contributed by atoms with E-state index in [4.69, 9.17) is 4.74 Å². The number of aromatic nitrogens is 1. The summed E-state index contributed by atoms with van der Waals surface area (Å²) in [6.45, 7) is 0.322. The Morgan fingerprint density at radius 3 is 2.62 bits per heavy atom. The van der Waals surface area contributed by atoms with Crippen LogP contribution in [0.5, 0.6) is 5.75 Å². The van der Waals surface area contributed by atoms with E-state index in [1.54, 1.807) is 36.7 Å².